The Morgan fingerprint density at radius 1 is 1.17 bits per heavy atom. The third-order valence-corrected chi connectivity index (χ3v) is 5.70. The minimum Gasteiger partial charge on any atom is -0.496 e. The molecule has 0 aliphatic carbocycles. The topological polar surface area (TPSA) is 97.7 Å². The Balaban J connectivity index is 1.80. The average Bonchev–Trinajstić information content (AvgIpc) is 2.81. The van der Waals surface area contributed by atoms with Crippen LogP contribution in [0.3, 0.4) is 0 Å². The minimum atomic E-state index is -4.52. The van der Waals surface area contributed by atoms with E-state index in [1.165, 1.54) is 30.5 Å². The number of alkyl halides is 3. The molecule has 0 saturated carbocycles. The molecule has 1 aromatic heterocycles. The van der Waals surface area contributed by atoms with Crippen LogP contribution in [0.1, 0.15) is 17.5 Å². The molecule has 0 radical (unpaired) electrons. The van der Waals surface area contributed by atoms with Gasteiger partial charge in [-0.1, -0.05) is 0 Å². The number of hydrogen-bond donors (Lipinski definition) is 2. The van der Waals surface area contributed by atoms with E-state index < -0.39 is 42.1 Å². The molecule has 1 unspecified atom stereocenters. The Bertz CT molecular complexity index is 1140. The molecule has 1 aliphatic heterocycles. The van der Waals surface area contributed by atoms with Crippen LogP contribution in [0, 0.1) is 17.5 Å². The maximum absolute atomic E-state index is 13.9. The van der Waals surface area contributed by atoms with Gasteiger partial charge in [0.15, 0.2) is 11.6 Å². The highest BCUT2D eigenvalue weighted by molar-refractivity contribution is 5.78. The van der Waals surface area contributed by atoms with Crippen molar-refractivity contribution in [1.82, 2.24) is 14.8 Å². The van der Waals surface area contributed by atoms with Gasteiger partial charge in [0, 0.05) is 44.0 Å². The van der Waals surface area contributed by atoms with Gasteiger partial charge in [0.25, 0.3) is 0 Å². The Kier molecular flexibility index (Phi) is 8.33. The summed E-state index contributed by atoms with van der Waals surface area (Å²) in [6.45, 7) is -1.72. The smallest absolute Gasteiger partial charge is 0.405 e. The van der Waals surface area contributed by atoms with E-state index in [2.05, 4.69) is 4.98 Å². The summed E-state index contributed by atoms with van der Waals surface area (Å²) in [5, 5.41) is 0. The van der Waals surface area contributed by atoms with Crippen LogP contribution in [0.25, 0.3) is 5.70 Å². The highest BCUT2D eigenvalue weighted by atomic mass is 19.4. The van der Waals surface area contributed by atoms with Crippen molar-refractivity contribution in [3.8, 4) is 5.75 Å². The lowest BCUT2D eigenvalue weighted by molar-refractivity contribution is -0.146. The van der Waals surface area contributed by atoms with Gasteiger partial charge in [0.1, 0.15) is 18.1 Å². The molecule has 2 heterocycles. The Morgan fingerprint density at radius 2 is 1.86 bits per heavy atom. The van der Waals surface area contributed by atoms with Gasteiger partial charge in [-0.3, -0.25) is 9.78 Å². The Labute approximate surface area is 203 Å². The Hall–Kier alpha value is -3.48. The highest BCUT2D eigenvalue weighted by Crippen LogP contribution is 2.29. The number of carbonyl (C=O) groups excluding carboxylic acids is 1. The number of hydrogen-bond acceptors (Lipinski definition) is 6. The molecule has 13 heteroatoms. The largest absolute Gasteiger partial charge is 0.496 e. The number of methoxy groups -OCH3 is 1. The molecular formula is C23H25F6N5O2. The number of piperazine rings is 1. The van der Waals surface area contributed by atoms with Crippen LogP contribution in [-0.2, 0) is 11.2 Å². The Morgan fingerprint density at radius 3 is 2.53 bits per heavy atom. The van der Waals surface area contributed by atoms with E-state index in [9.17, 15) is 31.1 Å². The number of carbonyl (C=O) groups is 1. The molecule has 1 aliphatic rings. The number of amides is 1. The molecule has 1 atom stereocenters. The summed E-state index contributed by atoms with van der Waals surface area (Å²) in [5.41, 5.74) is 12.3. The van der Waals surface area contributed by atoms with E-state index in [1.54, 1.807) is 0 Å². The molecule has 0 spiro atoms. The molecule has 196 valence electrons. The first-order valence-electron chi connectivity index (χ1n) is 10.8. The first kappa shape index (κ1) is 27.1. The third kappa shape index (κ3) is 6.59. The van der Waals surface area contributed by atoms with E-state index >= 15 is 0 Å². The highest BCUT2D eigenvalue weighted by Gasteiger charge is 2.36. The number of ether oxygens (including phenoxy) is 1. The lowest BCUT2D eigenvalue weighted by Gasteiger charge is -2.39. The molecule has 1 amide bonds. The first-order chi connectivity index (χ1) is 16.9. The molecule has 2 aromatic rings. The molecule has 1 fully saturated rings. The summed E-state index contributed by atoms with van der Waals surface area (Å²) in [5.74, 6) is -3.82. The van der Waals surface area contributed by atoms with Crippen molar-refractivity contribution in [3.05, 3.63) is 64.9 Å². The molecule has 36 heavy (non-hydrogen) atoms. The van der Waals surface area contributed by atoms with E-state index in [1.807, 2.05) is 0 Å². The summed E-state index contributed by atoms with van der Waals surface area (Å²) in [6.07, 6.45) is -2.29. The zero-order chi connectivity index (χ0) is 26.6. The molecule has 1 saturated heterocycles. The number of rotatable bonds is 7. The fourth-order valence-electron chi connectivity index (χ4n) is 3.94. The SMILES string of the molecule is COc1ccncc1/C(N)=C1\CN(C(=O)CC(N)Cc2cc(F)c(F)cc2F)CCN1CC(F)(F)F. The van der Waals surface area contributed by atoms with Gasteiger partial charge < -0.3 is 26.0 Å². The maximum Gasteiger partial charge on any atom is 0.405 e. The molecule has 3 rings (SSSR count). The lowest BCUT2D eigenvalue weighted by atomic mass is 10.0. The van der Waals surface area contributed by atoms with E-state index in [0.29, 0.717) is 17.9 Å². The van der Waals surface area contributed by atoms with Gasteiger partial charge in [-0.15, -0.1) is 0 Å². The van der Waals surface area contributed by atoms with Crippen molar-refractivity contribution in [2.75, 3.05) is 33.3 Å². The van der Waals surface area contributed by atoms with Crippen LogP contribution in [0.4, 0.5) is 26.3 Å². The quantitative estimate of drug-likeness (QED) is 0.433. The van der Waals surface area contributed by atoms with Gasteiger partial charge in [-0.25, -0.2) is 13.2 Å². The van der Waals surface area contributed by atoms with Crippen LogP contribution in [0.15, 0.2) is 36.3 Å². The summed E-state index contributed by atoms with van der Waals surface area (Å²) in [6, 6.07) is 1.62. The van der Waals surface area contributed by atoms with Crippen molar-refractivity contribution in [2.24, 2.45) is 11.5 Å². The number of benzene rings is 1. The molecular weight excluding hydrogens is 492 g/mol. The number of aromatic nitrogens is 1. The van der Waals surface area contributed by atoms with Crippen molar-refractivity contribution in [1.29, 1.82) is 0 Å². The van der Waals surface area contributed by atoms with Crippen LogP contribution >= 0.6 is 0 Å². The van der Waals surface area contributed by atoms with Gasteiger partial charge in [0.05, 0.1) is 30.6 Å². The third-order valence-electron chi connectivity index (χ3n) is 5.70. The maximum atomic E-state index is 13.9. The number of nitrogens with zero attached hydrogens (tertiary/aromatic N) is 3. The summed E-state index contributed by atoms with van der Waals surface area (Å²) in [4.78, 5) is 19.2. The molecule has 4 N–H and O–H groups in total. The summed E-state index contributed by atoms with van der Waals surface area (Å²) in [7, 11) is 1.37. The first-order valence-corrected chi connectivity index (χ1v) is 10.8. The second-order valence-electron chi connectivity index (χ2n) is 8.31. The second-order valence-corrected chi connectivity index (χ2v) is 8.31. The van der Waals surface area contributed by atoms with Gasteiger partial charge in [-0.2, -0.15) is 13.2 Å². The van der Waals surface area contributed by atoms with Crippen LogP contribution < -0.4 is 16.2 Å². The summed E-state index contributed by atoms with van der Waals surface area (Å²) >= 11 is 0. The van der Waals surface area contributed by atoms with E-state index in [4.69, 9.17) is 16.2 Å². The molecule has 0 bridgehead atoms. The minimum absolute atomic E-state index is 0.0325. The van der Waals surface area contributed by atoms with Crippen molar-refractivity contribution in [3.63, 3.8) is 0 Å². The zero-order valence-corrected chi connectivity index (χ0v) is 19.3. The fourth-order valence-corrected chi connectivity index (χ4v) is 3.94. The predicted octanol–water partition coefficient (Wildman–Crippen LogP) is 2.80. The number of nitrogens with two attached hydrogens (primary N) is 2. The van der Waals surface area contributed by atoms with Crippen molar-refractivity contribution >= 4 is 11.6 Å². The van der Waals surface area contributed by atoms with Crippen LogP contribution in [0.2, 0.25) is 0 Å². The van der Waals surface area contributed by atoms with E-state index in [0.717, 1.165) is 4.90 Å². The zero-order valence-electron chi connectivity index (χ0n) is 19.3. The van der Waals surface area contributed by atoms with Crippen molar-refractivity contribution < 1.29 is 35.9 Å². The van der Waals surface area contributed by atoms with Gasteiger partial charge in [0.2, 0.25) is 5.91 Å². The van der Waals surface area contributed by atoms with E-state index in [-0.39, 0.29) is 55.0 Å². The van der Waals surface area contributed by atoms with Gasteiger partial charge >= 0.3 is 6.18 Å². The monoisotopic (exact) mass is 517 g/mol. The van der Waals surface area contributed by atoms with Crippen LogP contribution in [0.5, 0.6) is 5.75 Å². The molecule has 1 aromatic carbocycles. The standard InChI is InChI=1S/C23H25F6N5O2/c1-36-20-2-3-32-10-15(20)22(31)19-11-33(4-5-34(19)12-23(27,28)29)21(35)8-14(30)6-13-7-17(25)18(26)9-16(13)24/h2-3,7,9-10,14H,4-6,8,11-12,30-31H2,1H3/b22-19-. The summed E-state index contributed by atoms with van der Waals surface area (Å²) < 4.78 is 85.4. The lowest BCUT2D eigenvalue weighted by Crippen LogP contribution is -2.51. The number of pyridine rings is 1. The van der Waals surface area contributed by atoms with Crippen LogP contribution in [-0.4, -0.2) is 66.2 Å². The fraction of sp³-hybridized carbons (Fsp3) is 0.391. The second kappa shape index (κ2) is 11.1. The average molecular weight is 517 g/mol. The normalized spacial score (nSPS) is 16.7. The number of halogens is 6. The van der Waals surface area contributed by atoms with Crippen molar-refractivity contribution in [2.45, 2.75) is 25.1 Å². The van der Waals surface area contributed by atoms with Gasteiger partial charge in [-0.05, 0) is 24.1 Å². The molecule has 7 nitrogen and oxygen atoms in total. The predicted molar refractivity (Wildman–Crippen MR) is 119 cm³/mol.